The van der Waals surface area contributed by atoms with Gasteiger partial charge in [0.1, 0.15) is 5.75 Å². The molecule has 0 spiro atoms. The molecule has 110 valence electrons. The van der Waals surface area contributed by atoms with Crippen LogP contribution in [0.2, 0.25) is 0 Å². The van der Waals surface area contributed by atoms with Crippen LogP contribution in [0, 0.1) is 6.92 Å². The van der Waals surface area contributed by atoms with Crippen molar-refractivity contribution < 1.29 is 19.1 Å². The standard InChI is InChI=1S/C15H21NO4/c1-10(2)16-14(17)9-19-15(18)12(4)20-13-7-5-6-11(3)8-13/h5-8,10,12H,9H2,1-4H3,(H,16,17)/t12-/m0/s1. The van der Waals surface area contributed by atoms with Gasteiger partial charge >= 0.3 is 5.97 Å². The second-order valence-electron chi connectivity index (χ2n) is 4.91. The number of ether oxygens (including phenoxy) is 2. The van der Waals surface area contributed by atoms with E-state index in [1.54, 1.807) is 13.0 Å². The summed E-state index contributed by atoms with van der Waals surface area (Å²) in [7, 11) is 0. The first-order valence-corrected chi connectivity index (χ1v) is 6.58. The molecule has 0 radical (unpaired) electrons. The Labute approximate surface area is 119 Å². The number of hydrogen-bond donors (Lipinski definition) is 1. The highest BCUT2D eigenvalue weighted by Gasteiger charge is 2.18. The van der Waals surface area contributed by atoms with E-state index in [1.165, 1.54) is 0 Å². The zero-order chi connectivity index (χ0) is 15.1. The highest BCUT2D eigenvalue weighted by atomic mass is 16.6. The molecule has 0 saturated heterocycles. The first-order chi connectivity index (χ1) is 9.38. The van der Waals surface area contributed by atoms with Gasteiger partial charge in [0.2, 0.25) is 0 Å². The molecule has 0 aliphatic rings. The lowest BCUT2D eigenvalue weighted by Gasteiger charge is -2.14. The van der Waals surface area contributed by atoms with Crippen molar-refractivity contribution in [3.05, 3.63) is 29.8 Å². The summed E-state index contributed by atoms with van der Waals surface area (Å²) in [5.74, 6) is -0.289. The molecule has 1 aromatic rings. The van der Waals surface area contributed by atoms with Crippen molar-refractivity contribution >= 4 is 11.9 Å². The Bertz CT molecular complexity index is 471. The molecule has 0 aromatic heterocycles. The van der Waals surface area contributed by atoms with Crippen molar-refractivity contribution in [2.45, 2.75) is 39.8 Å². The van der Waals surface area contributed by atoms with Crippen LogP contribution in [0.4, 0.5) is 0 Å². The zero-order valence-electron chi connectivity index (χ0n) is 12.3. The lowest BCUT2D eigenvalue weighted by molar-refractivity contribution is -0.154. The van der Waals surface area contributed by atoms with E-state index >= 15 is 0 Å². The van der Waals surface area contributed by atoms with Gasteiger partial charge in [-0.25, -0.2) is 4.79 Å². The van der Waals surface area contributed by atoms with Crippen LogP contribution >= 0.6 is 0 Å². The van der Waals surface area contributed by atoms with Gasteiger partial charge in [0, 0.05) is 6.04 Å². The fourth-order valence-corrected chi connectivity index (χ4v) is 1.56. The molecule has 1 amide bonds. The van der Waals surface area contributed by atoms with Crippen molar-refractivity contribution in [3.8, 4) is 5.75 Å². The fraction of sp³-hybridized carbons (Fsp3) is 0.467. The van der Waals surface area contributed by atoms with E-state index in [0.717, 1.165) is 5.56 Å². The van der Waals surface area contributed by atoms with E-state index in [4.69, 9.17) is 9.47 Å². The van der Waals surface area contributed by atoms with Gasteiger partial charge in [-0.05, 0) is 45.4 Å². The van der Waals surface area contributed by atoms with Gasteiger partial charge in [0.15, 0.2) is 12.7 Å². The van der Waals surface area contributed by atoms with Gasteiger partial charge in [0.25, 0.3) is 5.91 Å². The first-order valence-electron chi connectivity index (χ1n) is 6.58. The maximum absolute atomic E-state index is 11.7. The van der Waals surface area contributed by atoms with Gasteiger partial charge < -0.3 is 14.8 Å². The molecule has 1 atom stereocenters. The topological polar surface area (TPSA) is 64.6 Å². The number of carbonyl (C=O) groups is 2. The highest BCUT2D eigenvalue weighted by molar-refractivity contribution is 5.82. The van der Waals surface area contributed by atoms with E-state index in [0.29, 0.717) is 5.75 Å². The SMILES string of the molecule is Cc1cccc(O[C@@H](C)C(=O)OCC(=O)NC(C)C)c1. The molecule has 5 nitrogen and oxygen atoms in total. The summed E-state index contributed by atoms with van der Waals surface area (Å²) in [6, 6.07) is 7.39. The number of carbonyl (C=O) groups excluding carboxylic acids is 2. The van der Waals surface area contributed by atoms with Crippen molar-refractivity contribution in [1.29, 1.82) is 0 Å². The van der Waals surface area contributed by atoms with Crippen LogP contribution in [-0.2, 0) is 14.3 Å². The van der Waals surface area contributed by atoms with Crippen molar-refractivity contribution in [2.75, 3.05) is 6.61 Å². The van der Waals surface area contributed by atoms with Crippen LogP contribution in [0.15, 0.2) is 24.3 Å². The molecular formula is C15H21NO4. The quantitative estimate of drug-likeness (QED) is 0.807. The Hall–Kier alpha value is -2.04. The summed E-state index contributed by atoms with van der Waals surface area (Å²) in [6.07, 6.45) is -0.761. The average Bonchev–Trinajstić information content (AvgIpc) is 2.35. The van der Waals surface area contributed by atoms with Gasteiger partial charge in [-0.2, -0.15) is 0 Å². The molecule has 0 heterocycles. The molecule has 20 heavy (non-hydrogen) atoms. The second kappa shape index (κ2) is 7.53. The highest BCUT2D eigenvalue weighted by Crippen LogP contribution is 2.14. The number of aryl methyl sites for hydroxylation is 1. The molecule has 1 N–H and O–H groups in total. The molecule has 1 rings (SSSR count). The van der Waals surface area contributed by atoms with Gasteiger partial charge in [0.05, 0.1) is 0 Å². The molecule has 5 heteroatoms. The maximum atomic E-state index is 11.7. The minimum absolute atomic E-state index is 0.0159. The third-order valence-corrected chi connectivity index (χ3v) is 2.43. The van der Waals surface area contributed by atoms with E-state index < -0.39 is 12.1 Å². The summed E-state index contributed by atoms with van der Waals surface area (Å²) in [6.45, 7) is 6.90. The Morgan fingerprint density at radius 2 is 1.95 bits per heavy atom. The summed E-state index contributed by atoms with van der Waals surface area (Å²) in [4.78, 5) is 23.0. The van der Waals surface area contributed by atoms with E-state index in [2.05, 4.69) is 5.32 Å². The molecular weight excluding hydrogens is 258 g/mol. The molecule has 0 unspecified atom stereocenters. The largest absolute Gasteiger partial charge is 0.479 e. The van der Waals surface area contributed by atoms with E-state index in [1.807, 2.05) is 39.0 Å². The molecule has 0 aliphatic carbocycles. The molecule has 0 fully saturated rings. The van der Waals surface area contributed by atoms with Crippen LogP contribution in [0.25, 0.3) is 0 Å². The summed E-state index contributed by atoms with van der Waals surface area (Å²) in [5, 5.41) is 2.64. The smallest absolute Gasteiger partial charge is 0.347 e. The third-order valence-electron chi connectivity index (χ3n) is 2.43. The van der Waals surface area contributed by atoms with Crippen LogP contribution in [0.3, 0.4) is 0 Å². The maximum Gasteiger partial charge on any atom is 0.347 e. The third kappa shape index (κ3) is 5.73. The van der Waals surface area contributed by atoms with Gasteiger partial charge in [-0.3, -0.25) is 4.79 Å². The predicted octanol–water partition coefficient (Wildman–Crippen LogP) is 1.83. The lowest BCUT2D eigenvalue weighted by Crippen LogP contribution is -2.36. The zero-order valence-corrected chi connectivity index (χ0v) is 12.3. The van der Waals surface area contributed by atoms with E-state index in [-0.39, 0.29) is 18.6 Å². The normalized spacial score (nSPS) is 11.8. The lowest BCUT2D eigenvalue weighted by atomic mass is 10.2. The minimum Gasteiger partial charge on any atom is -0.479 e. The summed E-state index contributed by atoms with van der Waals surface area (Å²) < 4.78 is 10.4. The number of benzene rings is 1. The van der Waals surface area contributed by atoms with Gasteiger partial charge in [-0.15, -0.1) is 0 Å². The molecule has 0 bridgehead atoms. The fourth-order valence-electron chi connectivity index (χ4n) is 1.56. The monoisotopic (exact) mass is 279 g/mol. The van der Waals surface area contributed by atoms with Crippen LogP contribution in [0.1, 0.15) is 26.3 Å². The summed E-state index contributed by atoms with van der Waals surface area (Å²) >= 11 is 0. The van der Waals surface area contributed by atoms with E-state index in [9.17, 15) is 9.59 Å². The number of rotatable bonds is 6. The Balaban J connectivity index is 2.41. The summed E-state index contributed by atoms with van der Waals surface area (Å²) in [5.41, 5.74) is 1.04. The second-order valence-corrected chi connectivity index (χ2v) is 4.91. The number of nitrogens with one attached hydrogen (secondary N) is 1. The Morgan fingerprint density at radius 3 is 2.55 bits per heavy atom. The van der Waals surface area contributed by atoms with Crippen LogP contribution in [0.5, 0.6) is 5.75 Å². The van der Waals surface area contributed by atoms with Crippen molar-refractivity contribution in [2.24, 2.45) is 0 Å². The van der Waals surface area contributed by atoms with Crippen LogP contribution < -0.4 is 10.1 Å². The molecule has 0 saturated carbocycles. The predicted molar refractivity (Wildman–Crippen MR) is 75.5 cm³/mol. The van der Waals surface area contributed by atoms with Crippen LogP contribution in [-0.4, -0.2) is 30.6 Å². The Morgan fingerprint density at radius 1 is 1.25 bits per heavy atom. The average molecular weight is 279 g/mol. The van der Waals surface area contributed by atoms with Crippen molar-refractivity contribution in [3.63, 3.8) is 0 Å². The Kier molecular flexibility index (Phi) is 6.03. The first kappa shape index (κ1) is 16.0. The molecule has 1 aromatic carbocycles. The minimum atomic E-state index is -0.761. The van der Waals surface area contributed by atoms with Gasteiger partial charge in [-0.1, -0.05) is 12.1 Å². The number of esters is 1. The number of amides is 1. The van der Waals surface area contributed by atoms with Crippen molar-refractivity contribution in [1.82, 2.24) is 5.32 Å². The molecule has 0 aliphatic heterocycles. The number of hydrogen-bond acceptors (Lipinski definition) is 4.